The SMILES string of the molecule is C[C@@H](NC(=O)c1cncc(N2CCOCC2)n1)c1ccc(C(=C2CC3(C2)CN(C)C3)c2ccc(F)cc2)cc1. The van der Waals surface area contributed by atoms with Crippen LogP contribution in [0.5, 0.6) is 0 Å². The minimum Gasteiger partial charge on any atom is -0.378 e. The fourth-order valence-electron chi connectivity index (χ4n) is 6.25. The fraction of sp³-hybridized carbons (Fsp3) is 0.387. The number of benzene rings is 2. The van der Waals surface area contributed by atoms with Gasteiger partial charge in [-0.05, 0) is 61.2 Å². The Hall–Kier alpha value is -3.62. The number of carbonyl (C=O) groups is 1. The maximum Gasteiger partial charge on any atom is 0.272 e. The first kappa shape index (κ1) is 25.6. The number of allylic oxidation sites excluding steroid dienone is 1. The molecule has 202 valence electrons. The van der Waals surface area contributed by atoms with Crippen molar-refractivity contribution in [1.82, 2.24) is 20.2 Å². The standard InChI is InChI=1S/C31H34FN5O2/c1-21(34-30(38)27-17-33-18-28(35-27)37-11-13-39-14-12-37)22-3-5-23(6-4-22)29(24-7-9-26(32)10-8-24)25-15-31(16-25)19-36(2)20-31/h3-10,17-18,21H,11-16,19-20H2,1-2H3,(H,34,38)/t21-/m1/s1. The van der Waals surface area contributed by atoms with Gasteiger partial charge < -0.3 is 19.9 Å². The number of amides is 1. The first-order valence-corrected chi connectivity index (χ1v) is 13.6. The Balaban J connectivity index is 1.18. The summed E-state index contributed by atoms with van der Waals surface area (Å²) in [6, 6.07) is 14.9. The van der Waals surface area contributed by atoms with E-state index in [1.165, 1.54) is 29.5 Å². The van der Waals surface area contributed by atoms with Gasteiger partial charge in [-0.15, -0.1) is 0 Å². The van der Waals surface area contributed by atoms with Crippen LogP contribution in [0.25, 0.3) is 5.57 Å². The third kappa shape index (κ3) is 5.31. The van der Waals surface area contributed by atoms with Gasteiger partial charge in [-0.2, -0.15) is 0 Å². The summed E-state index contributed by atoms with van der Waals surface area (Å²) in [6.07, 6.45) is 5.36. The van der Waals surface area contributed by atoms with Crippen LogP contribution in [0.4, 0.5) is 10.2 Å². The Labute approximate surface area is 228 Å². The first-order valence-electron chi connectivity index (χ1n) is 13.6. The van der Waals surface area contributed by atoms with E-state index in [4.69, 9.17) is 4.74 Å². The van der Waals surface area contributed by atoms with E-state index >= 15 is 0 Å². The van der Waals surface area contributed by atoms with Crippen molar-refractivity contribution >= 4 is 17.3 Å². The average molecular weight is 528 g/mol. The van der Waals surface area contributed by atoms with Gasteiger partial charge in [-0.1, -0.05) is 42.0 Å². The fourth-order valence-corrected chi connectivity index (χ4v) is 6.25. The Morgan fingerprint density at radius 3 is 2.28 bits per heavy atom. The molecule has 1 atom stereocenters. The summed E-state index contributed by atoms with van der Waals surface area (Å²) in [6.45, 7) is 7.00. The number of anilines is 1. The van der Waals surface area contributed by atoms with Gasteiger partial charge in [0.15, 0.2) is 0 Å². The van der Waals surface area contributed by atoms with Crippen LogP contribution in [0, 0.1) is 11.2 Å². The molecule has 7 nitrogen and oxygen atoms in total. The smallest absolute Gasteiger partial charge is 0.272 e. The lowest BCUT2D eigenvalue weighted by atomic mass is 9.59. The van der Waals surface area contributed by atoms with Crippen molar-refractivity contribution < 1.29 is 13.9 Å². The number of aromatic nitrogens is 2. The predicted molar refractivity (Wildman–Crippen MR) is 149 cm³/mol. The van der Waals surface area contributed by atoms with Gasteiger partial charge in [0.1, 0.15) is 17.3 Å². The number of carbonyl (C=O) groups excluding carboxylic acids is 1. The maximum absolute atomic E-state index is 13.7. The summed E-state index contributed by atoms with van der Waals surface area (Å²) < 4.78 is 19.1. The second-order valence-corrected chi connectivity index (χ2v) is 11.2. The largest absolute Gasteiger partial charge is 0.378 e. The maximum atomic E-state index is 13.7. The quantitative estimate of drug-likeness (QED) is 0.510. The Morgan fingerprint density at radius 2 is 1.64 bits per heavy atom. The van der Waals surface area contributed by atoms with Crippen LogP contribution in [0.3, 0.4) is 0 Å². The van der Waals surface area contributed by atoms with Crippen molar-refractivity contribution in [2.45, 2.75) is 25.8 Å². The van der Waals surface area contributed by atoms with Crippen molar-refractivity contribution in [1.29, 1.82) is 0 Å². The monoisotopic (exact) mass is 527 g/mol. The van der Waals surface area contributed by atoms with Crippen molar-refractivity contribution in [2.75, 3.05) is 51.3 Å². The number of hydrogen-bond acceptors (Lipinski definition) is 6. The molecule has 39 heavy (non-hydrogen) atoms. The van der Waals surface area contributed by atoms with Crippen LogP contribution in [0.2, 0.25) is 0 Å². The normalized spacial score (nSPS) is 19.3. The summed E-state index contributed by atoms with van der Waals surface area (Å²) >= 11 is 0. The molecular formula is C31H34FN5O2. The van der Waals surface area contributed by atoms with Crippen LogP contribution in [-0.4, -0.2) is 67.2 Å². The topological polar surface area (TPSA) is 70.6 Å². The first-order chi connectivity index (χ1) is 18.9. The second-order valence-electron chi connectivity index (χ2n) is 11.2. The molecule has 2 aliphatic heterocycles. The van der Waals surface area contributed by atoms with E-state index in [0.29, 0.717) is 30.1 Å². The molecule has 8 heteroatoms. The lowest BCUT2D eigenvalue weighted by molar-refractivity contribution is -0.0106. The van der Waals surface area contributed by atoms with Crippen LogP contribution >= 0.6 is 0 Å². The summed E-state index contributed by atoms with van der Waals surface area (Å²) in [7, 11) is 2.17. The zero-order chi connectivity index (χ0) is 27.0. The van der Waals surface area contributed by atoms with Gasteiger partial charge in [-0.3, -0.25) is 9.78 Å². The minimum atomic E-state index is -0.256. The van der Waals surface area contributed by atoms with Crippen molar-refractivity contribution in [3.63, 3.8) is 0 Å². The molecule has 1 aromatic heterocycles. The highest BCUT2D eigenvalue weighted by Crippen LogP contribution is 2.54. The average Bonchev–Trinajstić information content (AvgIpc) is 2.93. The number of nitrogens with zero attached hydrogens (tertiary/aromatic N) is 4. The molecule has 2 saturated heterocycles. The highest BCUT2D eigenvalue weighted by molar-refractivity contribution is 5.92. The molecule has 2 aromatic carbocycles. The van der Waals surface area contributed by atoms with E-state index in [9.17, 15) is 9.18 Å². The molecule has 0 radical (unpaired) electrons. The molecule has 1 amide bonds. The number of rotatable bonds is 6. The molecule has 1 saturated carbocycles. The van der Waals surface area contributed by atoms with Gasteiger partial charge in [0.2, 0.25) is 0 Å². The zero-order valence-corrected chi connectivity index (χ0v) is 22.5. The molecule has 6 rings (SSSR count). The van der Waals surface area contributed by atoms with E-state index in [1.54, 1.807) is 6.20 Å². The third-order valence-corrected chi connectivity index (χ3v) is 8.11. The summed E-state index contributed by atoms with van der Waals surface area (Å²) in [5.41, 5.74) is 6.50. The number of ether oxygens (including phenoxy) is 1. The van der Waals surface area contributed by atoms with E-state index in [2.05, 4.69) is 56.4 Å². The summed E-state index contributed by atoms with van der Waals surface area (Å²) in [4.78, 5) is 26.2. The van der Waals surface area contributed by atoms with Gasteiger partial charge >= 0.3 is 0 Å². The molecule has 1 spiro atoms. The number of halogens is 1. The number of likely N-dealkylation sites (tertiary alicyclic amines) is 1. The van der Waals surface area contributed by atoms with E-state index in [0.717, 1.165) is 55.7 Å². The van der Waals surface area contributed by atoms with E-state index < -0.39 is 0 Å². The Kier molecular flexibility index (Phi) is 6.91. The third-order valence-electron chi connectivity index (χ3n) is 8.11. The minimum absolute atomic E-state index is 0.209. The zero-order valence-electron chi connectivity index (χ0n) is 22.5. The van der Waals surface area contributed by atoms with E-state index in [-0.39, 0.29) is 17.8 Å². The molecular weight excluding hydrogens is 493 g/mol. The molecule has 3 heterocycles. The van der Waals surface area contributed by atoms with Crippen LogP contribution in [0.1, 0.15) is 53.0 Å². The highest BCUT2D eigenvalue weighted by atomic mass is 19.1. The molecule has 0 unspecified atom stereocenters. The van der Waals surface area contributed by atoms with Crippen molar-refractivity contribution in [3.05, 3.63) is 94.7 Å². The van der Waals surface area contributed by atoms with E-state index in [1.807, 2.05) is 19.1 Å². The highest BCUT2D eigenvalue weighted by Gasteiger charge is 2.49. The number of morpholine rings is 1. The van der Waals surface area contributed by atoms with Crippen molar-refractivity contribution in [3.8, 4) is 0 Å². The molecule has 1 aliphatic carbocycles. The lowest BCUT2D eigenvalue weighted by Crippen LogP contribution is -2.58. The summed E-state index contributed by atoms with van der Waals surface area (Å²) in [5.74, 6) is 0.207. The van der Waals surface area contributed by atoms with Crippen LogP contribution in [-0.2, 0) is 4.74 Å². The van der Waals surface area contributed by atoms with Crippen molar-refractivity contribution in [2.24, 2.45) is 5.41 Å². The molecule has 3 fully saturated rings. The molecule has 3 aliphatic rings. The summed E-state index contributed by atoms with van der Waals surface area (Å²) in [5, 5.41) is 3.06. The van der Waals surface area contributed by atoms with Gasteiger partial charge in [0, 0.05) is 31.6 Å². The number of nitrogens with one attached hydrogen (secondary N) is 1. The Morgan fingerprint density at radius 1 is 1.00 bits per heavy atom. The van der Waals surface area contributed by atoms with Gasteiger partial charge in [-0.25, -0.2) is 9.37 Å². The predicted octanol–water partition coefficient (Wildman–Crippen LogP) is 4.47. The number of hydrogen-bond donors (Lipinski definition) is 1. The second kappa shape index (κ2) is 10.5. The van der Waals surface area contributed by atoms with Crippen LogP contribution in [0.15, 0.2) is 66.5 Å². The lowest BCUT2D eigenvalue weighted by Gasteiger charge is -2.56. The molecule has 3 aromatic rings. The molecule has 0 bridgehead atoms. The molecule has 1 N–H and O–H groups in total. The van der Waals surface area contributed by atoms with Crippen LogP contribution < -0.4 is 10.2 Å². The van der Waals surface area contributed by atoms with Gasteiger partial charge in [0.25, 0.3) is 5.91 Å². The van der Waals surface area contributed by atoms with Gasteiger partial charge in [0.05, 0.1) is 31.6 Å². The Bertz CT molecular complexity index is 1370.